The largest absolute Gasteiger partial charge is 0.481 e. The molecule has 0 radical (unpaired) electrons. The summed E-state index contributed by atoms with van der Waals surface area (Å²) in [6.45, 7) is 0. The fourth-order valence-electron chi connectivity index (χ4n) is 1.72. The van der Waals surface area contributed by atoms with E-state index in [1.54, 1.807) is 42.5 Å². The Bertz CT molecular complexity index is 692. The molecule has 0 fully saturated rings. The summed E-state index contributed by atoms with van der Waals surface area (Å²) >= 11 is 3.29. The van der Waals surface area contributed by atoms with E-state index in [1.165, 1.54) is 0 Å². The zero-order valence-electron chi connectivity index (χ0n) is 10.3. The van der Waals surface area contributed by atoms with Crippen LogP contribution in [0.3, 0.4) is 0 Å². The Morgan fingerprint density at radius 3 is 2.75 bits per heavy atom. The number of nitrogens with zero attached hydrogens (tertiary/aromatic N) is 1. The lowest BCUT2D eigenvalue weighted by Crippen LogP contribution is -2.00. The Kier molecular flexibility index (Phi) is 4.38. The van der Waals surface area contributed by atoms with Gasteiger partial charge in [-0.2, -0.15) is 5.26 Å². The van der Waals surface area contributed by atoms with E-state index in [-0.39, 0.29) is 6.42 Å². The number of halogens is 1. The number of hydrogen-bond donors (Lipinski definition) is 1. The highest BCUT2D eigenvalue weighted by Gasteiger charge is 2.09. The van der Waals surface area contributed by atoms with Crippen molar-refractivity contribution in [3.05, 3.63) is 58.1 Å². The van der Waals surface area contributed by atoms with Crippen molar-refractivity contribution in [2.75, 3.05) is 0 Å². The Morgan fingerprint density at radius 2 is 2.05 bits per heavy atom. The molecule has 0 aromatic heterocycles. The van der Waals surface area contributed by atoms with E-state index in [9.17, 15) is 4.79 Å². The van der Waals surface area contributed by atoms with Crippen LogP contribution < -0.4 is 4.74 Å². The van der Waals surface area contributed by atoms with Crippen molar-refractivity contribution in [3.8, 4) is 17.6 Å². The van der Waals surface area contributed by atoms with Crippen LogP contribution in [0.15, 0.2) is 46.9 Å². The van der Waals surface area contributed by atoms with Crippen molar-refractivity contribution < 1.29 is 14.6 Å². The lowest BCUT2D eigenvalue weighted by Gasteiger charge is -2.09. The predicted molar refractivity (Wildman–Crippen MR) is 76.7 cm³/mol. The smallest absolute Gasteiger partial charge is 0.307 e. The number of hydrogen-bond acceptors (Lipinski definition) is 3. The van der Waals surface area contributed by atoms with E-state index in [2.05, 4.69) is 22.0 Å². The molecule has 0 saturated heterocycles. The third-order valence-electron chi connectivity index (χ3n) is 2.57. The number of carbonyl (C=O) groups is 1. The number of benzene rings is 2. The molecule has 0 atom stereocenters. The molecule has 5 heteroatoms. The summed E-state index contributed by atoms with van der Waals surface area (Å²) in [6.07, 6.45) is -0.0687. The van der Waals surface area contributed by atoms with E-state index in [4.69, 9.17) is 15.1 Å². The van der Waals surface area contributed by atoms with E-state index >= 15 is 0 Å². The quantitative estimate of drug-likeness (QED) is 0.926. The van der Waals surface area contributed by atoms with Crippen LogP contribution in [0.25, 0.3) is 0 Å². The van der Waals surface area contributed by atoms with Gasteiger partial charge in [0.1, 0.15) is 23.1 Å². The van der Waals surface area contributed by atoms with Gasteiger partial charge in [0.05, 0.1) is 6.42 Å². The average Bonchev–Trinajstić information content (AvgIpc) is 2.38. The van der Waals surface area contributed by atoms with Gasteiger partial charge in [-0.1, -0.05) is 18.2 Å². The highest BCUT2D eigenvalue weighted by Crippen LogP contribution is 2.30. The Morgan fingerprint density at radius 1 is 1.30 bits per heavy atom. The van der Waals surface area contributed by atoms with Gasteiger partial charge in [-0.15, -0.1) is 0 Å². The average molecular weight is 332 g/mol. The van der Waals surface area contributed by atoms with Gasteiger partial charge in [-0.05, 0) is 45.8 Å². The fraction of sp³-hybridized carbons (Fsp3) is 0.0667. The molecule has 2 aromatic rings. The summed E-state index contributed by atoms with van der Waals surface area (Å²) in [5.41, 5.74) is 1.04. The molecule has 4 nitrogen and oxygen atoms in total. The second kappa shape index (κ2) is 6.22. The molecule has 0 spiro atoms. The molecule has 1 N–H and O–H groups in total. The number of carboxylic acids is 1. The maximum atomic E-state index is 10.7. The van der Waals surface area contributed by atoms with Crippen molar-refractivity contribution in [1.82, 2.24) is 0 Å². The number of ether oxygens (including phenoxy) is 1. The van der Waals surface area contributed by atoms with Gasteiger partial charge in [0.15, 0.2) is 0 Å². The molecule has 0 heterocycles. The summed E-state index contributed by atoms with van der Waals surface area (Å²) in [4.78, 5) is 10.7. The number of nitriles is 1. The second-order valence-corrected chi connectivity index (χ2v) is 4.90. The Hall–Kier alpha value is -2.32. The normalized spacial score (nSPS) is 9.80. The molecule has 0 aliphatic rings. The van der Waals surface area contributed by atoms with E-state index in [0.29, 0.717) is 27.1 Å². The second-order valence-electron chi connectivity index (χ2n) is 4.04. The first-order valence-corrected chi connectivity index (χ1v) is 6.56. The fourth-order valence-corrected chi connectivity index (χ4v) is 2.16. The zero-order chi connectivity index (χ0) is 14.5. The summed E-state index contributed by atoms with van der Waals surface area (Å²) in [5, 5.41) is 17.9. The Labute approximate surface area is 124 Å². The summed E-state index contributed by atoms with van der Waals surface area (Å²) in [7, 11) is 0. The molecular formula is C15H10BrNO3. The van der Waals surface area contributed by atoms with Crippen LogP contribution in [0, 0.1) is 11.3 Å². The molecule has 0 aliphatic heterocycles. The van der Waals surface area contributed by atoms with Crippen molar-refractivity contribution >= 4 is 21.9 Å². The van der Waals surface area contributed by atoms with E-state index < -0.39 is 5.97 Å². The first-order valence-electron chi connectivity index (χ1n) is 5.77. The van der Waals surface area contributed by atoms with Crippen molar-refractivity contribution in [1.29, 1.82) is 5.26 Å². The highest BCUT2D eigenvalue weighted by atomic mass is 79.9. The number of aliphatic carboxylic acids is 1. The maximum Gasteiger partial charge on any atom is 0.307 e. The topological polar surface area (TPSA) is 70.3 Å². The van der Waals surface area contributed by atoms with Crippen LogP contribution in [0.1, 0.15) is 11.1 Å². The van der Waals surface area contributed by atoms with Gasteiger partial charge in [0.25, 0.3) is 0 Å². The van der Waals surface area contributed by atoms with E-state index in [0.717, 1.165) is 0 Å². The molecule has 2 rings (SSSR count). The third-order valence-corrected chi connectivity index (χ3v) is 3.23. The minimum Gasteiger partial charge on any atom is -0.481 e. The van der Waals surface area contributed by atoms with Crippen LogP contribution in [-0.4, -0.2) is 11.1 Å². The summed E-state index contributed by atoms with van der Waals surface area (Å²) < 4.78 is 6.31. The molecule has 0 aliphatic carbocycles. The van der Waals surface area contributed by atoms with Crippen molar-refractivity contribution in [2.24, 2.45) is 0 Å². The highest BCUT2D eigenvalue weighted by molar-refractivity contribution is 9.10. The Balaban J connectivity index is 2.29. The molecule has 0 saturated carbocycles. The van der Waals surface area contributed by atoms with Crippen LogP contribution in [-0.2, 0) is 11.2 Å². The zero-order valence-corrected chi connectivity index (χ0v) is 11.9. The maximum absolute atomic E-state index is 10.7. The SMILES string of the molecule is N#Cc1c(Br)cccc1Oc1cccc(CC(=O)O)c1. The lowest BCUT2D eigenvalue weighted by molar-refractivity contribution is -0.136. The molecular weight excluding hydrogens is 322 g/mol. The molecule has 2 aromatic carbocycles. The van der Waals surface area contributed by atoms with E-state index in [1.807, 2.05) is 0 Å². The molecule has 0 amide bonds. The van der Waals surface area contributed by atoms with Crippen LogP contribution in [0.4, 0.5) is 0 Å². The van der Waals surface area contributed by atoms with Gasteiger partial charge in [0.2, 0.25) is 0 Å². The molecule has 0 unspecified atom stereocenters. The number of rotatable bonds is 4. The molecule has 100 valence electrons. The van der Waals surface area contributed by atoms with Crippen LogP contribution in [0.5, 0.6) is 11.5 Å². The summed E-state index contributed by atoms with van der Waals surface area (Å²) in [5.74, 6) is 0.0232. The number of carboxylic acid groups (broad SMARTS) is 1. The van der Waals surface area contributed by atoms with Gasteiger partial charge < -0.3 is 9.84 Å². The summed E-state index contributed by atoms with van der Waals surface area (Å²) in [6, 6.07) is 14.1. The first kappa shape index (κ1) is 14.1. The minimum absolute atomic E-state index is 0.0687. The molecule has 0 bridgehead atoms. The standard InChI is InChI=1S/C15H10BrNO3/c16-13-5-2-6-14(12(13)9-17)20-11-4-1-3-10(7-11)8-15(18)19/h1-7H,8H2,(H,18,19). The minimum atomic E-state index is -0.901. The van der Waals surface area contributed by atoms with Gasteiger partial charge in [-0.3, -0.25) is 4.79 Å². The van der Waals surface area contributed by atoms with Gasteiger partial charge in [-0.25, -0.2) is 0 Å². The van der Waals surface area contributed by atoms with Crippen LogP contribution in [0.2, 0.25) is 0 Å². The van der Waals surface area contributed by atoms with Gasteiger partial charge >= 0.3 is 5.97 Å². The first-order chi connectivity index (χ1) is 9.60. The lowest BCUT2D eigenvalue weighted by atomic mass is 10.1. The third kappa shape index (κ3) is 3.37. The monoisotopic (exact) mass is 331 g/mol. The van der Waals surface area contributed by atoms with Crippen molar-refractivity contribution in [2.45, 2.75) is 6.42 Å². The predicted octanol–water partition coefficient (Wildman–Crippen LogP) is 3.74. The van der Waals surface area contributed by atoms with Crippen LogP contribution >= 0.6 is 15.9 Å². The van der Waals surface area contributed by atoms with Gasteiger partial charge in [0, 0.05) is 4.47 Å². The van der Waals surface area contributed by atoms with Crippen molar-refractivity contribution in [3.63, 3.8) is 0 Å². The molecule has 20 heavy (non-hydrogen) atoms.